The molecule has 0 saturated heterocycles. The highest BCUT2D eigenvalue weighted by atomic mass is 19.1. The first kappa shape index (κ1) is 14.4. The maximum absolute atomic E-state index is 12.7. The van der Waals surface area contributed by atoms with Gasteiger partial charge < -0.3 is 15.2 Å². The van der Waals surface area contributed by atoms with Gasteiger partial charge >= 0.3 is 0 Å². The molecule has 2 aromatic rings. The fourth-order valence-electron chi connectivity index (χ4n) is 1.58. The van der Waals surface area contributed by atoms with Crippen molar-refractivity contribution in [3.05, 3.63) is 54.1 Å². The second-order valence-electron chi connectivity index (χ2n) is 4.26. The Kier molecular flexibility index (Phi) is 5.40. The fourth-order valence-corrected chi connectivity index (χ4v) is 1.58. The van der Waals surface area contributed by atoms with E-state index in [9.17, 15) is 9.50 Å². The van der Waals surface area contributed by atoms with Crippen LogP contribution >= 0.6 is 0 Å². The van der Waals surface area contributed by atoms with Crippen molar-refractivity contribution in [1.29, 1.82) is 0 Å². The number of aliphatic hydroxyl groups excluding tert-OH is 1. The molecule has 0 radical (unpaired) electrons. The van der Waals surface area contributed by atoms with Crippen LogP contribution in [0.2, 0.25) is 0 Å². The van der Waals surface area contributed by atoms with Gasteiger partial charge in [-0.15, -0.1) is 0 Å². The maximum Gasteiger partial charge on any atom is 0.123 e. The summed E-state index contributed by atoms with van der Waals surface area (Å²) >= 11 is 0. The molecule has 1 aromatic heterocycles. The van der Waals surface area contributed by atoms with Crippen molar-refractivity contribution in [2.24, 2.45) is 0 Å². The molecule has 1 atom stereocenters. The fraction of sp³-hybridized carbons (Fsp3) is 0.286. The summed E-state index contributed by atoms with van der Waals surface area (Å²) in [7, 11) is 0. The van der Waals surface area contributed by atoms with Gasteiger partial charge in [0.15, 0.2) is 0 Å². The summed E-state index contributed by atoms with van der Waals surface area (Å²) in [6.45, 7) is 1.04. The quantitative estimate of drug-likeness (QED) is 0.794. The maximum atomic E-state index is 12.7. The molecule has 0 aliphatic heterocycles. The molecule has 0 bridgehead atoms. The molecular formula is C14H16FN3O2. The number of ether oxygens (including phenoxy) is 1. The lowest BCUT2D eigenvalue weighted by Gasteiger charge is -2.13. The summed E-state index contributed by atoms with van der Waals surface area (Å²) in [5.41, 5.74) is 0.805. The van der Waals surface area contributed by atoms with Crippen molar-refractivity contribution < 1.29 is 14.2 Å². The third-order valence-electron chi connectivity index (χ3n) is 2.57. The van der Waals surface area contributed by atoms with E-state index >= 15 is 0 Å². The second kappa shape index (κ2) is 7.52. The van der Waals surface area contributed by atoms with E-state index < -0.39 is 6.10 Å². The highest BCUT2D eigenvalue weighted by molar-refractivity contribution is 5.22. The molecule has 0 fully saturated rings. The smallest absolute Gasteiger partial charge is 0.123 e. The van der Waals surface area contributed by atoms with Crippen molar-refractivity contribution in [3.8, 4) is 5.75 Å². The van der Waals surface area contributed by atoms with Crippen molar-refractivity contribution in [3.63, 3.8) is 0 Å². The molecule has 0 spiro atoms. The molecule has 6 heteroatoms. The topological polar surface area (TPSA) is 67.3 Å². The Bertz CT molecular complexity index is 508. The number of nitrogens with one attached hydrogen (secondary N) is 1. The molecule has 0 saturated carbocycles. The van der Waals surface area contributed by atoms with Crippen molar-refractivity contribution >= 4 is 0 Å². The second-order valence-corrected chi connectivity index (χ2v) is 4.26. The van der Waals surface area contributed by atoms with Gasteiger partial charge in [-0.05, 0) is 36.4 Å². The average Bonchev–Trinajstić information content (AvgIpc) is 2.48. The van der Waals surface area contributed by atoms with E-state index in [0.29, 0.717) is 18.8 Å². The van der Waals surface area contributed by atoms with Gasteiger partial charge in [0.05, 0.1) is 5.69 Å². The highest BCUT2D eigenvalue weighted by Gasteiger charge is 2.05. The van der Waals surface area contributed by atoms with Crippen LogP contribution in [0.4, 0.5) is 4.39 Å². The number of hydrogen-bond acceptors (Lipinski definition) is 5. The van der Waals surface area contributed by atoms with E-state index in [1.165, 1.54) is 24.3 Å². The van der Waals surface area contributed by atoms with Crippen LogP contribution in [0.25, 0.3) is 0 Å². The van der Waals surface area contributed by atoms with Crippen LogP contribution in [-0.4, -0.2) is 34.6 Å². The highest BCUT2D eigenvalue weighted by Crippen LogP contribution is 2.11. The zero-order valence-corrected chi connectivity index (χ0v) is 10.9. The van der Waals surface area contributed by atoms with E-state index in [1.54, 1.807) is 12.3 Å². The number of hydrogen-bond donors (Lipinski definition) is 2. The number of halogens is 1. The molecule has 1 heterocycles. The van der Waals surface area contributed by atoms with Crippen molar-refractivity contribution in [2.45, 2.75) is 12.6 Å². The lowest BCUT2D eigenvalue weighted by atomic mass is 10.3. The monoisotopic (exact) mass is 277 g/mol. The summed E-state index contributed by atoms with van der Waals surface area (Å²) in [4.78, 5) is 0. The summed E-state index contributed by atoms with van der Waals surface area (Å²) < 4.78 is 18.0. The predicted octanol–water partition coefficient (Wildman–Crippen LogP) is 1.15. The van der Waals surface area contributed by atoms with Gasteiger partial charge in [-0.1, -0.05) is 0 Å². The van der Waals surface area contributed by atoms with Crippen LogP contribution in [0.1, 0.15) is 5.69 Å². The van der Waals surface area contributed by atoms with Gasteiger partial charge in [0.25, 0.3) is 0 Å². The lowest BCUT2D eigenvalue weighted by molar-refractivity contribution is 0.106. The van der Waals surface area contributed by atoms with Crippen LogP contribution < -0.4 is 10.1 Å². The standard InChI is InChI=1S/C14H16FN3O2/c15-11-3-5-14(6-4-11)20-10-13(19)9-16-8-12-2-1-7-17-18-12/h1-7,13,16,19H,8-10H2. The van der Waals surface area contributed by atoms with Crippen LogP contribution in [-0.2, 0) is 6.54 Å². The molecule has 1 aromatic carbocycles. The van der Waals surface area contributed by atoms with E-state index in [4.69, 9.17) is 4.74 Å². The molecule has 20 heavy (non-hydrogen) atoms. The Morgan fingerprint density at radius 2 is 2.05 bits per heavy atom. The van der Waals surface area contributed by atoms with Crippen molar-refractivity contribution in [2.75, 3.05) is 13.2 Å². The molecule has 5 nitrogen and oxygen atoms in total. The molecule has 2 rings (SSSR count). The minimum absolute atomic E-state index is 0.138. The first-order valence-corrected chi connectivity index (χ1v) is 6.28. The van der Waals surface area contributed by atoms with Gasteiger partial charge in [-0.3, -0.25) is 0 Å². The molecule has 1 unspecified atom stereocenters. The molecule has 106 valence electrons. The normalized spacial score (nSPS) is 12.1. The van der Waals surface area contributed by atoms with E-state index in [2.05, 4.69) is 15.5 Å². The van der Waals surface area contributed by atoms with Gasteiger partial charge in [0, 0.05) is 19.3 Å². The minimum atomic E-state index is -0.656. The Morgan fingerprint density at radius 1 is 1.25 bits per heavy atom. The van der Waals surface area contributed by atoms with E-state index in [-0.39, 0.29) is 12.4 Å². The third kappa shape index (κ3) is 4.91. The summed E-state index contributed by atoms with van der Waals surface area (Å²) in [5.74, 6) is 0.211. The third-order valence-corrected chi connectivity index (χ3v) is 2.57. The summed E-state index contributed by atoms with van der Waals surface area (Å²) in [6, 6.07) is 9.33. The van der Waals surface area contributed by atoms with Gasteiger partial charge in [0.1, 0.15) is 24.3 Å². The zero-order valence-electron chi connectivity index (χ0n) is 10.9. The Labute approximate surface area is 116 Å². The minimum Gasteiger partial charge on any atom is -0.491 e. The molecule has 0 aliphatic rings. The first-order valence-electron chi connectivity index (χ1n) is 6.28. The predicted molar refractivity (Wildman–Crippen MR) is 71.6 cm³/mol. The molecule has 0 amide bonds. The van der Waals surface area contributed by atoms with Crippen LogP contribution in [0.3, 0.4) is 0 Å². The molecule has 2 N–H and O–H groups in total. The van der Waals surface area contributed by atoms with Crippen LogP contribution in [0.5, 0.6) is 5.75 Å². The van der Waals surface area contributed by atoms with Crippen LogP contribution in [0.15, 0.2) is 42.6 Å². The van der Waals surface area contributed by atoms with E-state index in [1.807, 2.05) is 6.07 Å². The van der Waals surface area contributed by atoms with Gasteiger partial charge in [-0.2, -0.15) is 10.2 Å². The Morgan fingerprint density at radius 3 is 2.75 bits per heavy atom. The van der Waals surface area contributed by atoms with Crippen molar-refractivity contribution in [1.82, 2.24) is 15.5 Å². The van der Waals surface area contributed by atoms with Gasteiger partial charge in [0.2, 0.25) is 0 Å². The van der Waals surface area contributed by atoms with Crippen LogP contribution in [0, 0.1) is 5.82 Å². The number of benzene rings is 1. The summed E-state index contributed by atoms with van der Waals surface area (Å²) in [5, 5.41) is 20.5. The Balaban J connectivity index is 1.65. The SMILES string of the molecule is OC(CNCc1cccnn1)COc1ccc(F)cc1. The van der Waals surface area contributed by atoms with E-state index in [0.717, 1.165) is 5.69 Å². The Hall–Kier alpha value is -2.05. The zero-order chi connectivity index (χ0) is 14.2. The molecule has 0 aliphatic carbocycles. The first-order chi connectivity index (χ1) is 9.74. The van der Waals surface area contributed by atoms with Gasteiger partial charge in [-0.25, -0.2) is 4.39 Å². The average molecular weight is 277 g/mol. The number of aromatic nitrogens is 2. The largest absolute Gasteiger partial charge is 0.491 e. The number of nitrogens with zero attached hydrogens (tertiary/aromatic N) is 2. The lowest BCUT2D eigenvalue weighted by Crippen LogP contribution is -2.31. The molecular weight excluding hydrogens is 261 g/mol. The number of rotatable bonds is 7. The number of aliphatic hydroxyl groups is 1. The summed E-state index contributed by atoms with van der Waals surface area (Å²) in [6.07, 6.45) is 0.950.